The number of urea groups is 1. The average Bonchev–Trinajstić information content (AvgIpc) is 3.42. The first-order valence-corrected chi connectivity index (χ1v) is 17.6. The van der Waals surface area contributed by atoms with E-state index < -0.39 is 29.4 Å². The third-order valence-electron chi connectivity index (χ3n) is 9.76. The first kappa shape index (κ1) is 34.2. The lowest BCUT2D eigenvalue weighted by Gasteiger charge is -2.47. The van der Waals surface area contributed by atoms with E-state index in [-0.39, 0.29) is 18.2 Å². The second-order valence-electron chi connectivity index (χ2n) is 15.9. The van der Waals surface area contributed by atoms with Crippen LogP contribution in [0, 0.1) is 6.92 Å². The molecule has 4 saturated heterocycles. The molecule has 1 aromatic carbocycles. The van der Waals surface area contributed by atoms with Crippen molar-refractivity contribution < 1.29 is 33.3 Å². The van der Waals surface area contributed by atoms with Gasteiger partial charge >= 0.3 is 18.2 Å². The van der Waals surface area contributed by atoms with Crippen LogP contribution >= 0.6 is 0 Å². The molecule has 4 fully saturated rings. The summed E-state index contributed by atoms with van der Waals surface area (Å²) in [6.07, 6.45) is 5.15. The van der Waals surface area contributed by atoms with Gasteiger partial charge in [0.25, 0.3) is 0 Å². The highest BCUT2D eigenvalue weighted by atomic mass is 16.6. The highest BCUT2D eigenvalue weighted by Gasteiger charge is 2.41. The summed E-state index contributed by atoms with van der Waals surface area (Å²) in [6.45, 7) is 16.2. The molecular formula is C37H48N6O7. The lowest BCUT2D eigenvalue weighted by atomic mass is 9.87. The number of nitrogens with zero attached hydrogens (tertiary/aromatic N) is 6. The molecule has 13 nitrogen and oxygen atoms in total. The van der Waals surface area contributed by atoms with Crippen molar-refractivity contribution in [1.29, 1.82) is 0 Å². The van der Waals surface area contributed by atoms with Crippen molar-refractivity contribution >= 4 is 29.4 Å². The number of aryl methyl sites for hydroxylation is 1. The number of fused-ring (bicyclic) bond motifs is 5. The molecule has 5 aliphatic heterocycles. The number of carbonyl (C=O) groups is 3. The summed E-state index contributed by atoms with van der Waals surface area (Å²) in [5, 5.41) is 0. The van der Waals surface area contributed by atoms with Crippen LogP contribution in [0.2, 0.25) is 0 Å². The predicted molar refractivity (Wildman–Crippen MR) is 185 cm³/mol. The van der Waals surface area contributed by atoms with Crippen molar-refractivity contribution in [2.24, 2.45) is 0 Å². The molecule has 5 aliphatic rings. The average molecular weight is 689 g/mol. The second-order valence-corrected chi connectivity index (χ2v) is 15.9. The van der Waals surface area contributed by atoms with Crippen molar-refractivity contribution in [2.45, 2.75) is 104 Å². The molecule has 2 aromatic heterocycles. The van der Waals surface area contributed by atoms with Crippen molar-refractivity contribution in [2.75, 3.05) is 39.5 Å². The summed E-state index contributed by atoms with van der Waals surface area (Å²) >= 11 is 0. The Hall–Kier alpha value is -4.23. The molecule has 3 atom stereocenters. The van der Waals surface area contributed by atoms with Gasteiger partial charge in [0.2, 0.25) is 0 Å². The fourth-order valence-electron chi connectivity index (χ4n) is 7.40. The van der Waals surface area contributed by atoms with Gasteiger partial charge in [-0.1, -0.05) is 0 Å². The summed E-state index contributed by atoms with van der Waals surface area (Å²) in [5.74, 6) is 0. The molecule has 13 heteroatoms. The van der Waals surface area contributed by atoms with E-state index in [4.69, 9.17) is 28.9 Å². The zero-order valence-electron chi connectivity index (χ0n) is 30.2. The zero-order chi connectivity index (χ0) is 35.5. The molecular weight excluding hydrogens is 640 g/mol. The van der Waals surface area contributed by atoms with Crippen LogP contribution in [0.15, 0.2) is 24.5 Å². The molecule has 50 heavy (non-hydrogen) atoms. The minimum Gasteiger partial charge on any atom is -0.444 e. The Morgan fingerprint density at radius 1 is 0.940 bits per heavy atom. The standard InChI is InChI=1S/C37H48N6O7/c1-22-17-43(35(46)50-37(5,6)7)32-31(22)39-29(16-38-32)24-14-23-10-11-40(33(44)42-18-26-9-8-25(42)20-48-26)19-28(23)27(15-24)30-21-47-13-12-41(30)34(45)49-36(2,3)4/h14-17,25-26,30H,8-13,18-21H2,1-7H3/t25?,26?,30-/m0/s1. The van der Waals surface area contributed by atoms with E-state index in [1.165, 1.54) is 4.57 Å². The minimum atomic E-state index is -0.666. The highest BCUT2D eigenvalue weighted by Crippen LogP contribution is 2.38. The van der Waals surface area contributed by atoms with Gasteiger partial charge in [-0.15, -0.1) is 0 Å². The number of amides is 3. The number of piperidine rings is 1. The lowest BCUT2D eigenvalue weighted by Crippen LogP contribution is -2.60. The van der Waals surface area contributed by atoms with Crippen LogP contribution in [-0.2, 0) is 31.9 Å². The van der Waals surface area contributed by atoms with Crippen molar-refractivity contribution in [3.63, 3.8) is 0 Å². The number of rotatable bonds is 2. The number of ether oxygens (including phenoxy) is 4. The molecule has 0 radical (unpaired) electrons. The topological polar surface area (TPSA) is 129 Å². The Morgan fingerprint density at radius 2 is 1.70 bits per heavy atom. The first-order valence-electron chi connectivity index (χ1n) is 17.6. The zero-order valence-corrected chi connectivity index (χ0v) is 30.2. The number of carbonyl (C=O) groups excluding carboxylic acids is 3. The summed E-state index contributed by atoms with van der Waals surface area (Å²) in [7, 11) is 0. The van der Waals surface area contributed by atoms with Gasteiger partial charge in [-0.2, -0.15) is 0 Å². The van der Waals surface area contributed by atoms with Crippen molar-refractivity contribution in [3.8, 4) is 11.3 Å². The Bertz CT molecular complexity index is 1820. The van der Waals surface area contributed by atoms with E-state index in [2.05, 4.69) is 12.1 Å². The number of benzene rings is 1. The third-order valence-corrected chi connectivity index (χ3v) is 9.76. The maximum absolute atomic E-state index is 14.0. The van der Waals surface area contributed by atoms with Crippen LogP contribution < -0.4 is 0 Å². The third kappa shape index (κ3) is 6.77. The van der Waals surface area contributed by atoms with Gasteiger partial charge in [0.1, 0.15) is 16.7 Å². The van der Waals surface area contributed by atoms with Crippen LogP contribution in [0.4, 0.5) is 14.4 Å². The number of hydrogen-bond acceptors (Lipinski definition) is 9. The Labute approximate surface area is 292 Å². The number of aromatic nitrogens is 3. The highest BCUT2D eigenvalue weighted by molar-refractivity contribution is 5.88. The van der Waals surface area contributed by atoms with Gasteiger partial charge in [0.05, 0.1) is 49.9 Å². The van der Waals surface area contributed by atoms with Gasteiger partial charge in [-0.25, -0.2) is 28.9 Å². The van der Waals surface area contributed by atoms with Gasteiger partial charge in [0.15, 0.2) is 5.65 Å². The Morgan fingerprint density at radius 3 is 2.38 bits per heavy atom. The quantitative estimate of drug-likeness (QED) is 0.326. The van der Waals surface area contributed by atoms with E-state index in [0.29, 0.717) is 69.3 Å². The summed E-state index contributed by atoms with van der Waals surface area (Å²) in [4.78, 5) is 55.9. The molecule has 268 valence electrons. The van der Waals surface area contributed by atoms with Gasteiger partial charge in [-0.3, -0.25) is 4.90 Å². The largest absolute Gasteiger partial charge is 0.444 e. The fourth-order valence-corrected chi connectivity index (χ4v) is 7.40. The Kier molecular flexibility index (Phi) is 8.78. The maximum Gasteiger partial charge on any atom is 0.420 e. The molecule has 3 aromatic rings. The summed E-state index contributed by atoms with van der Waals surface area (Å²) in [6, 6.07) is 3.88. The predicted octanol–water partition coefficient (Wildman–Crippen LogP) is 5.84. The lowest BCUT2D eigenvalue weighted by molar-refractivity contribution is -0.0923. The smallest absolute Gasteiger partial charge is 0.420 e. The molecule has 0 aliphatic carbocycles. The SMILES string of the molecule is Cc1cn(C(=O)OC(C)(C)C)c2ncc(-c3cc4c(c([C@@H]5COCCN5C(=O)OC(C)(C)C)c3)CN(C(=O)N3CC5CCC3CO5)CC4)nc12. The minimum absolute atomic E-state index is 0.0360. The Balaban J connectivity index is 1.27. The summed E-state index contributed by atoms with van der Waals surface area (Å²) < 4.78 is 24.7. The van der Waals surface area contributed by atoms with Crippen LogP contribution in [-0.4, -0.2) is 110 Å². The molecule has 2 bridgehead atoms. The monoisotopic (exact) mass is 688 g/mol. The normalized spacial score (nSPS) is 22.5. The maximum atomic E-state index is 14.0. The summed E-state index contributed by atoms with van der Waals surface area (Å²) in [5.41, 5.74) is 4.94. The van der Waals surface area contributed by atoms with Crippen molar-refractivity contribution in [3.05, 3.63) is 46.8 Å². The van der Waals surface area contributed by atoms with E-state index in [0.717, 1.165) is 40.7 Å². The first-order chi connectivity index (χ1) is 23.6. The van der Waals surface area contributed by atoms with Crippen LogP contribution in [0.1, 0.15) is 82.7 Å². The van der Waals surface area contributed by atoms with E-state index in [1.54, 1.807) is 17.3 Å². The molecule has 0 N–H and O–H groups in total. The number of hydrogen-bond donors (Lipinski definition) is 0. The van der Waals surface area contributed by atoms with Gasteiger partial charge in [0, 0.05) is 37.9 Å². The molecule has 7 heterocycles. The van der Waals surface area contributed by atoms with Crippen molar-refractivity contribution in [1.82, 2.24) is 29.2 Å². The van der Waals surface area contributed by atoms with Gasteiger partial charge < -0.3 is 28.7 Å². The molecule has 0 saturated carbocycles. The molecule has 0 spiro atoms. The number of morpholine rings is 2. The van der Waals surface area contributed by atoms with E-state index in [1.807, 2.05) is 58.3 Å². The molecule has 8 rings (SSSR count). The van der Waals surface area contributed by atoms with Crippen LogP contribution in [0.25, 0.3) is 22.4 Å². The fraction of sp³-hybridized carbons (Fsp3) is 0.595. The van der Waals surface area contributed by atoms with Crippen LogP contribution in [0.3, 0.4) is 0 Å². The second kappa shape index (κ2) is 12.8. The van der Waals surface area contributed by atoms with E-state index in [9.17, 15) is 14.4 Å². The van der Waals surface area contributed by atoms with E-state index >= 15 is 0 Å². The van der Waals surface area contributed by atoms with Gasteiger partial charge in [-0.05, 0) is 102 Å². The molecule has 3 amide bonds. The molecule has 2 unspecified atom stereocenters. The van der Waals surface area contributed by atoms with Crippen LogP contribution in [0.5, 0.6) is 0 Å².